The second-order valence-corrected chi connectivity index (χ2v) is 6.81. The molecule has 5 nitrogen and oxygen atoms in total. The summed E-state index contributed by atoms with van der Waals surface area (Å²) in [6.45, 7) is 7.34. The van der Waals surface area contributed by atoms with Crippen LogP contribution >= 0.6 is 11.8 Å². The lowest BCUT2D eigenvalue weighted by atomic mass is 10.0. The lowest BCUT2D eigenvalue weighted by Crippen LogP contribution is -2.30. The fraction of sp³-hybridized carbons (Fsp3) is 0.529. The third-order valence-electron chi connectivity index (χ3n) is 3.80. The largest absolute Gasteiger partial charge is 0.393 e. The van der Waals surface area contributed by atoms with E-state index in [1.165, 1.54) is 11.8 Å². The van der Waals surface area contributed by atoms with Crippen LogP contribution in [0.1, 0.15) is 27.2 Å². The molecule has 1 amide bonds. The van der Waals surface area contributed by atoms with Crippen molar-refractivity contribution in [1.29, 1.82) is 0 Å². The van der Waals surface area contributed by atoms with Gasteiger partial charge in [-0.05, 0) is 31.4 Å². The molecule has 2 aromatic rings. The van der Waals surface area contributed by atoms with Crippen LogP contribution in [0.15, 0.2) is 29.4 Å². The van der Waals surface area contributed by atoms with E-state index in [0.717, 1.165) is 22.7 Å². The van der Waals surface area contributed by atoms with Gasteiger partial charge in [-0.1, -0.05) is 37.7 Å². The quantitative estimate of drug-likeness (QED) is 0.728. The number of para-hydroxylation sites is 2. The van der Waals surface area contributed by atoms with Crippen molar-refractivity contribution in [2.45, 2.75) is 45.0 Å². The summed E-state index contributed by atoms with van der Waals surface area (Å²) in [4.78, 5) is 16.5. The van der Waals surface area contributed by atoms with E-state index in [2.05, 4.69) is 21.8 Å². The van der Waals surface area contributed by atoms with Crippen molar-refractivity contribution >= 4 is 28.7 Å². The van der Waals surface area contributed by atoms with E-state index in [-0.39, 0.29) is 17.9 Å². The average Bonchev–Trinajstić information content (AvgIpc) is 2.90. The molecule has 1 aromatic heterocycles. The van der Waals surface area contributed by atoms with Gasteiger partial charge in [-0.3, -0.25) is 4.79 Å². The summed E-state index contributed by atoms with van der Waals surface area (Å²) in [7, 11) is 0. The number of rotatable bonds is 8. The topological polar surface area (TPSA) is 67.2 Å². The maximum Gasteiger partial charge on any atom is 0.230 e. The summed E-state index contributed by atoms with van der Waals surface area (Å²) in [6.07, 6.45) is 0.217. The number of nitrogens with zero attached hydrogens (tertiary/aromatic N) is 2. The fourth-order valence-corrected chi connectivity index (χ4v) is 3.25. The van der Waals surface area contributed by atoms with E-state index < -0.39 is 0 Å². The normalized spacial score (nSPS) is 12.7. The maximum absolute atomic E-state index is 11.9. The van der Waals surface area contributed by atoms with E-state index >= 15 is 0 Å². The minimum Gasteiger partial charge on any atom is -0.393 e. The first-order chi connectivity index (χ1) is 11.0. The Bertz CT molecular complexity index is 654. The molecule has 0 aliphatic rings. The molecule has 0 saturated heterocycles. The minimum absolute atomic E-state index is 0.0272. The van der Waals surface area contributed by atoms with E-state index in [1.807, 2.05) is 38.1 Å². The zero-order valence-electron chi connectivity index (χ0n) is 14.0. The summed E-state index contributed by atoms with van der Waals surface area (Å²) in [5.41, 5.74) is 2.05. The summed E-state index contributed by atoms with van der Waals surface area (Å²) in [5.74, 6) is 0.521. The van der Waals surface area contributed by atoms with Gasteiger partial charge in [0.05, 0.1) is 22.9 Å². The Morgan fingerprint density at radius 3 is 2.83 bits per heavy atom. The van der Waals surface area contributed by atoms with Crippen LogP contribution in [-0.2, 0) is 11.3 Å². The maximum atomic E-state index is 11.9. The molecular formula is C17H25N3O2S. The SMILES string of the molecule is CCn1c(SCC(=O)NCCC(O)C(C)C)nc2ccccc21. The molecule has 0 bridgehead atoms. The number of fused-ring (bicyclic) bond motifs is 1. The van der Waals surface area contributed by atoms with Crippen molar-refractivity contribution in [2.24, 2.45) is 5.92 Å². The van der Waals surface area contributed by atoms with Gasteiger partial charge in [0, 0.05) is 13.1 Å². The second kappa shape index (κ2) is 8.36. The Morgan fingerprint density at radius 2 is 2.13 bits per heavy atom. The number of aryl methyl sites for hydroxylation is 1. The molecule has 0 radical (unpaired) electrons. The number of aromatic nitrogens is 2. The number of aliphatic hydroxyl groups is 1. The van der Waals surface area contributed by atoms with Crippen LogP contribution in [0, 0.1) is 5.92 Å². The number of carbonyl (C=O) groups is 1. The highest BCUT2D eigenvalue weighted by Gasteiger charge is 2.12. The van der Waals surface area contributed by atoms with Crippen molar-refractivity contribution in [2.75, 3.05) is 12.3 Å². The Labute approximate surface area is 141 Å². The van der Waals surface area contributed by atoms with Gasteiger partial charge in [-0.2, -0.15) is 0 Å². The Kier molecular flexibility index (Phi) is 6.47. The highest BCUT2D eigenvalue weighted by molar-refractivity contribution is 7.99. The minimum atomic E-state index is -0.368. The predicted molar refractivity (Wildman–Crippen MR) is 94.6 cm³/mol. The summed E-state index contributed by atoms with van der Waals surface area (Å²) < 4.78 is 2.12. The molecule has 23 heavy (non-hydrogen) atoms. The molecule has 0 fully saturated rings. The van der Waals surface area contributed by atoms with Crippen molar-refractivity contribution in [3.8, 4) is 0 Å². The van der Waals surface area contributed by atoms with Crippen molar-refractivity contribution in [1.82, 2.24) is 14.9 Å². The second-order valence-electron chi connectivity index (χ2n) is 5.87. The third kappa shape index (κ3) is 4.72. The Balaban J connectivity index is 1.87. The molecule has 126 valence electrons. The van der Waals surface area contributed by atoms with Crippen LogP contribution in [0.5, 0.6) is 0 Å². The summed E-state index contributed by atoms with van der Waals surface area (Å²) in [6, 6.07) is 8.00. The zero-order valence-corrected chi connectivity index (χ0v) is 14.8. The highest BCUT2D eigenvalue weighted by atomic mass is 32.2. The van der Waals surface area contributed by atoms with E-state index in [1.54, 1.807) is 0 Å². The van der Waals surface area contributed by atoms with Crippen LogP contribution in [0.4, 0.5) is 0 Å². The Hall–Kier alpha value is -1.53. The number of hydrogen-bond donors (Lipinski definition) is 2. The monoisotopic (exact) mass is 335 g/mol. The fourth-order valence-electron chi connectivity index (χ4n) is 2.34. The zero-order chi connectivity index (χ0) is 16.8. The number of thioether (sulfide) groups is 1. The number of aliphatic hydroxyl groups excluding tert-OH is 1. The number of nitrogens with one attached hydrogen (secondary N) is 1. The first-order valence-corrected chi connectivity index (χ1v) is 9.04. The summed E-state index contributed by atoms with van der Waals surface area (Å²) >= 11 is 1.45. The predicted octanol–water partition coefficient (Wildman–Crippen LogP) is 2.67. The molecular weight excluding hydrogens is 310 g/mol. The molecule has 1 unspecified atom stereocenters. The van der Waals surface area contributed by atoms with Gasteiger partial charge in [-0.15, -0.1) is 0 Å². The van der Waals surface area contributed by atoms with Crippen LogP contribution in [0.2, 0.25) is 0 Å². The first-order valence-electron chi connectivity index (χ1n) is 8.05. The van der Waals surface area contributed by atoms with Crippen LogP contribution in [-0.4, -0.2) is 39.0 Å². The van der Waals surface area contributed by atoms with E-state index in [4.69, 9.17) is 0 Å². The standard InChI is InChI=1S/C17H25N3O2S/c1-4-20-14-8-6-5-7-13(14)19-17(20)23-11-16(22)18-10-9-15(21)12(2)3/h5-8,12,15,21H,4,9-11H2,1-3H3,(H,18,22). The van der Waals surface area contributed by atoms with Gasteiger partial charge in [0.15, 0.2) is 5.16 Å². The number of imidazole rings is 1. The molecule has 0 saturated carbocycles. The van der Waals surface area contributed by atoms with Gasteiger partial charge >= 0.3 is 0 Å². The number of carbonyl (C=O) groups excluding carboxylic acids is 1. The number of benzene rings is 1. The van der Waals surface area contributed by atoms with Crippen LogP contribution in [0.25, 0.3) is 11.0 Å². The molecule has 1 aromatic carbocycles. The van der Waals surface area contributed by atoms with E-state index in [9.17, 15) is 9.90 Å². The summed E-state index contributed by atoms with van der Waals surface area (Å²) in [5, 5.41) is 13.4. The lowest BCUT2D eigenvalue weighted by Gasteiger charge is -2.14. The Morgan fingerprint density at radius 1 is 1.39 bits per heavy atom. The molecule has 0 aliphatic heterocycles. The molecule has 2 rings (SSSR count). The molecule has 2 N–H and O–H groups in total. The van der Waals surface area contributed by atoms with Crippen LogP contribution < -0.4 is 5.32 Å². The van der Waals surface area contributed by atoms with Crippen LogP contribution in [0.3, 0.4) is 0 Å². The van der Waals surface area contributed by atoms with E-state index in [0.29, 0.717) is 18.7 Å². The molecule has 1 heterocycles. The third-order valence-corrected chi connectivity index (χ3v) is 4.78. The van der Waals surface area contributed by atoms with Gasteiger partial charge in [-0.25, -0.2) is 4.98 Å². The molecule has 6 heteroatoms. The highest BCUT2D eigenvalue weighted by Crippen LogP contribution is 2.23. The first kappa shape index (κ1) is 17.8. The number of amides is 1. The molecule has 1 atom stereocenters. The van der Waals surface area contributed by atoms with Gasteiger partial charge in [0.25, 0.3) is 0 Å². The van der Waals surface area contributed by atoms with Gasteiger partial charge in [0.1, 0.15) is 0 Å². The average molecular weight is 335 g/mol. The lowest BCUT2D eigenvalue weighted by molar-refractivity contribution is -0.118. The van der Waals surface area contributed by atoms with Crippen molar-refractivity contribution in [3.05, 3.63) is 24.3 Å². The molecule has 0 aliphatic carbocycles. The van der Waals surface area contributed by atoms with Crippen molar-refractivity contribution in [3.63, 3.8) is 0 Å². The molecule has 0 spiro atoms. The number of hydrogen-bond acceptors (Lipinski definition) is 4. The van der Waals surface area contributed by atoms with Crippen molar-refractivity contribution < 1.29 is 9.90 Å². The van der Waals surface area contributed by atoms with Gasteiger partial charge in [0.2, 0.25) is 5.91 Å². The smallest absolute Gasteiger partial charge is 0.230 e. The van der Waals surface area contributed by atoms with Gasteiger partial charge < -0.3 is 15.0 Å².